The third-order valence-electron chi connectivity index (χ3n) is 10.4. The summed E-state index contributed by atoms with van der Waals surface area (Å²) >= 11 is 0. The minimum atomic E-state index is -0.990. The van der Waals surface area contributed by atoms with Gasteiger partial charge in [-0.25, -0.2) is 29.7 Å². The summed E-state index contributed by atoms with van der Waals surface area (Å²) in [6, 6.07) is 14.3. The third-order valence-corrected chi connectivity index (χ3v) is 10.4. The van der Waals surface area contributed by atoms with E-state index in [4.69, 9.17) is 5.11 Å². The summed E-state index contributed by atoms with van der Waals surface area (Å²) in [6.07, 6.45) is 17.8. The first kappa shape index (κ1) is 34.5. The number of hydrogen-bond donors (Lipinski definition) is 3. The number of carboxylic acid groups (broad SMARTS) is 1. The predicted octanol–water partition coefficient (Wildman–Crippen LogP) is 5.60. The van der Waals surface area contributed by atoms with Crippen LogP contribution in [0.15, 0.2) is 86.0 Å². The van der Waals surface area contributed by atoms with Crippen molar-refractivity contribution < 1.29 is 14.7 Å². The lowest BCUT2D eigenvalue weighted by molar-refractivity contribution is 0.0617. The van der Waals surface area contributed by atoms with Crippen LogP contribution in [0.1, 0.15) is 66.9 Å². The van der Waals surface area contributed by atoms with Gasteiger partial charge in [0.2, 0.25) is 0 Å². The van der Waals surface area contributed by atoms with Crippen molar-refractivity contribution in [2.45, 2.75) is 51.5 Å². The number of aromatic nitrogens is 8. The van der Waals surface area contributed by atoms with Crippen LogP contribution in [-0.2, 0) is 0 Å². The van der Waals surface area contributed by atoms with Crippen molar-refractivity contribution in [3.63, 3.8) is 0 Å². The lowest BCUT2D eigenvalue weighted by Crippen LogP contribution is -2.57. The van der Waals surface area contributed by atoms with Crippen molar-refractivity contribution in [1.82, 2.24) is 44.8 Å². The summed E-state index contributed by atoms with van der Waals surface area (Å²) in [7, 11) is 0. The van der Waals surface area contributed by atoms with Gasteiger partial charge in [-0.05, 0) is 80.3 Å². The van der Waals surface area contributed by atoms with Gasteiger partial charge in [0, 0.05) is 57.5 Å². The van der Waals surface area contributed by atoms with Gasteiger partial charge in [-0.2, -0.15) is 0 Å². The molecule has 6 aromatic rings. The molecule has 6 aromatic heterocycles. The fourth-order valence-electron chi connectivity index (χ4n) is 7.36. The summed E-state index contributed by atoms with van der Waals surface area (Å²) in [5, 5.41) is 10.5. The van der Waals surface area contributed by atoms with E-state index in [1.165, 1.54) is 44.5 Å². The van der Waals surface area contributed by atoms with Gasteiger partial charge in [0.25, 0.3) is 5.91 Å². The molecule has 0 atom stereocenters. The molecule has 1 amide bonds. The molecule has 0 bridgehead atoms. The van der Waals surface area contributed by atoms with Gasteiger partial charge >= 0.3 is 5.97 Å². The highest BCUT2D eigenvalue weighted by molar-refractivity contribution is 5.94. The zero-order valence-electron chi connectivity index (χ0n) is 28.1. The Morgan fingerprint density at radius 2 is 1.25 bits per heavy atom. The molecular weight excluding hydrogens is 658 g/mol. The van der Waals surface area contributed by atoms with Crippen molar-refractivity contribution in [1.29, 1.82) is 0 Å². The Kier molecular flexibility index (Phi) is 9.54. The van der Waals surface area contributed by atoms with Crippen molar-refractivity contribution >= 4 is 45.6 Å². The first-order valence-corrected chi connectivity index (χ1v) is 17.4. The highest BCUT2D eigenvalue weighted by Gasteiger charge is 2.54. The van der Waals surface area contributed by atoms with Gasteiger partial charge in [-0.15, -0.1) is 0 Å². The molecule has 14 nitrogen and oxygen atoms in total. The van der Waals surface area contributed by atoms with Crippen molar-refractivity contribution in [3.05, 3.63) is 97.4 Å². The molecule has 2 aliphatic carbocycles. The molecule has 2 spiro atoms. The maximum atomic E-state index is 12.9. The van der Waals surface area contributed by atoms with Gasteiger partial charge in [0.1, 0.15) is 47.0 Å². The minimum Gasteiger partial charge on any atom is -0.477 e. The lowest BCUT2D eigenvalue weighted by Gasteiger charge is -2.42. The van der Waals surface area contributed by atoms with Gasteiger partial charge in [0.15, 0.2) is 0 Å². The van der Waals surface area contributed by atoms with E-state index < -0.39 is 5.97 Å². The number of carbonyl (C=O) groups is 2. The van der Waals surface area contributed by atoms with E-state index in [0.717, 1.165) is 66.2 Å². The minimum absolute atomic E-state index is 0. The first-order valence-electron chi connectivity index (χ1n) is 17.4. The van der Waals surface area contributed by atoms with Crippen LogP contribution in [0.4, 0.5) is 11.6 Å². The topological polar surface area (TPSA) is 173 Å². The molecule has 2 saturated heterocycles. The number of H-pyrrole nitrogens is 2. The summed E-state index contributed by atoms with van der Waals surface area (Å²) in [6.45, 7) is 4.58. The third kappa shape index (κ3) is 7.00. The second-order valence-electron chi connectivity index (χ2n) is 13.7. The number of piperazine rings is 1. The number of amides is 1. The number of anilines is 2. The number of hydrogen-bond acceptors (Lipinski definition) is 10. The van der Waals surface area contributed by atoms with Crippen LogP contribution < -0.4 is 9.80 Å². The quantitative estimate of drug-likeness (QED) is 0.209. The number of aromatic carboxylic acids is 1. The molecule has 3 N–H and O–H groups in total. The average molecular weight is 702 g/mol. The fourth-order valence-corrected chi connectivity index (χ4v) is 7.36. The number of aromatic amines is 2. The summed E-state index contributed by atoms with van der Waals surface area (Å²) in [5.74, 6) is 1.10. The summed E-state index contributed by atoms with van der Waals surface area (Å²) < 4.78 is 0. The van der Waals surface area contributed by atoms with Gasteiger partial charge in [-0.3, -0.25) is 9.78 Å². The molecule has 4 aliphatic rings. The molecule has 8 heterocycles. The van der Waals surface area contributed by atoms with E-state index in [-0.39, 0.29) is 24.6 Å². The maximum Gasteiger partial charge on any atom is 0.354 e. The normalized spacial score (nSPS) is 17.8. The monoisotopic (exact) mass is 701 g/mol. The number of rotatable bonds is 4. The Labute approximate surface area is 301 Å². The highest BCUT2D eigenvalue weighted by Crippen LogP contribution is 2.52. The van der Waals surface area contributed by atoms with E-state index >= 15 is 0 Å². The zero-order valence-corrected chi connectivity index (χ0v) is 28.1. The smallest absolute Gasteiger partial charge is 0.354 e. The van der Waals surface area contributed by atoms with Crippen LogP contribution >= 0.6 is 0 Å². The number of piperidine rings is 1. The Balaban J connectivity index is 0.000000134. The van der Waals surface area contributed by atoms with Gasteiger partial charge < -0.3 is 29.8 Å². The van der Waals surface area contributed by atoms with Crippen molar-refractivity contribution in [2.75, 3.05) is 42.5 Å². The SMILES string of the molecule is C.O=C(O)c1ccccn1.O=C(c1ccccn1)N1CCN(c2ncnc3[nH]ccc23)CC12CC2.c1nc(N2CCCC3(CC3)C2)c2cc[nH]c2n1. The largest absolute Gasteiger partial charge is 0.477 e. The molecule has 0 unspecified atom stereocenters. The van der Waals surface area contributed by atoms with Crippen LogP contribution in [0.25, 0.3) is 22.1 Å². The lowest BCUT2D eigenvalue weighted by atomic mass is 9.95. The molecule has 52 heavy (non-hydrogen) atoms. The Morgan fingerprint density at radius 1 is 0.654 bits per heavy atom. The molecule has 10 rings (SSSR count). The number of fused-ring (bicyclic) bond motifs is 2. The first-order chi connectivity index (χ1) is 24.9. The number of carboxylic acids is 1. The molecule has 0 radical (unpaired) electrons. The van der Waals surface area contributed by atoms with Gasteiger partial charge in [-0.1, -0.05) is 19.6 Å². The van der Waals surface area contributed by atoms with E-state index in [9.17, 15) is 9.59 Å². The van der Waals surface area contributed by atoms with E-state index in [0.29, 0.717) is 17.7 Å². The second kappa shape index (κ2) is 14.4. The second-order valence-corrected chi connectivity index (χ2v) is 13.7. The molecule has 2 aliphatic heterocycles. The molecule has 268 valence electrons. The average Bonchev–Trinajstić information content (AvgIpc) is 3.96. The van der Waals surface area contributed by atoms with Crippen LogP contribution in [0.5, 0.6) is 0 Å². The molecular formula is C38H43N11O3. The summed E-state index contributed by atoms with van der Waals surface area (Å²) in [5.41, 5.74) is 2.95. The zero-order chi connectivity index (χ0) is 34.8. The summed E-state index contributed by atoms with van der Waals surface area (Å²) in [4.78, 5) is 61.4. The van der Waals surface area contributed by atoms with Gasteiger partial charge in [0.05, 0.1) is 16.3 Å². The van der Waals surface area contributed by atoms with Crippen LogP contribution in [0.2, 0.25) is 0 Å². The number of nitrogens with zero attached hydrogens (tertiary/aromatic N) is 9. The number of pyridine rings is 2. The Morgan fingerprint density at radius 3 is 1.77 bits per heavy atom. The van der Waals surface area contributed by atoms with Crippen molar-refractivity contribution in [2.24, 2.45) is 5.41 Å². The van der Waals surface area contributed by atoms with Crippen LogP contribution in [-0.4, -0.2) is 100 Å². The molecule has 0 aromatic carbocycles. The van der Waals surface area contributed by atoms with Crippen LogP contribution in [0, 0.1) is 5.41 Å². The molecule has 2 saturated carbocycles. The van der Waals surface area contributed by atoms with E-state index in [2.05, 4.69) is 55.7 Å². The number of nitrogens with one attached hydrogen (secondary N) is 2. The number of carbonyl (C=O) groups excluding carboxylic acids is 1. The van der Waals surface area contributed by atoms with Crippen LogP contribution in [0.3, 0.4) is 0 Å². The fraction of sp³-hybridized carbons (Fsp3) is 0.368. The van der Waals surface area contributed by atoms with E-state index in [1.54, 1.807) is 37.1 Å². The molecule has 4 fully saturated rings. The van der Waals surface area contributed by atoms with Crippen molar-refractivity contribution in [3.8, 4) is 0 Å². The van der Waals surface area contributed by atoms with E-state index in [1.807, 2.05) is 35.5 Å². The maximum absolute atomic E-state index is 12.9. The Bertz CT molecular complexity index is 2150. The standard InChI is InChI=1S/C18H18N6O.C13H16N4.C6H5NO2.CH4/c25-17(14-3-1-2-7-19-14)24-10-9-23(11-18(24)5-6-18)16-13-4-8-20-15(13)21-12-22-16;1-3-13(4-5-13)8-17(7-1)12-10-2-6-14-11(10)15-9-16-12;8-6(9)5-3-1-2-4-7-5;/h1-4,7-8,12H,5-6,9-11H2,(H,20,21,22);2,6,9H,1,3-5,7-8H2,(H,14,15,16);1-4H,(H,8,9);1H4. The molecule has 14 heteroatoms. The predicted molar refractivity (Wildman–Crippen MR) is 198 cm³/mol. The Hall–Kier alpha value is -5.92. The highest BCUT2D eigenvalue weighted by atomic mass is 16.4.